The highest BCUT2D eigenvalue weighted by Gasteiger charge is 2.20. The molecule has 1 N–H and O–H groups in total. The average Bonchev–Trinajstić information content (AvgIpc) is 3.06. The van der Waals surface area contributed by atoms with Crippen molar-refractivity contribution >= 4 is 44.3 Å². The van der Waals surface area contributed by atoms with Crippen LogP contribution < -0.4 is 5.32 Å². The lowest BCUT2D eigenvalue weighted by Crippen LogP contribution is -2.36. The Kier molecular flexibility index (Phi) is 5.50. The number of halogens is 2. The Morgan fingerprint density at radius 3 is 2.67 bits per heavy atom. The molecule has 1 saturated carbocycles. The first kappa shape index (κ1) is 18.5. The molecule has 0 radical (unpaired) electrons. The van der Waals surface area contributed by atoms with E-state index in [-0.39, 0.29) is 11.9 Å². The van der Waals surface area contributed by atoms with Gasteiger partial charge >= 0.3 is 0 Å². The second-order valence-corrected chi connectivity index (χ2v) is 8.48. The molecule has 1 aliphatic rings. The van der Waals surface area contributed by atoms with E-state index in [0.717, 1.165) is 33.8 Å². The van der Waals surface area contributed by atoms with E-state index >= 15 is 0 Å². The number of aromatic nitrogens is 2. The molecule has 27 heavy (non-hydrogen) atoms. The largest absolute Gasteiger partial charge is 0.349 e. The summed E-state index contributed by atoms with van der Waals surface area (Å²) in [6.45, 7) is 0.599. The molecule has 1 amide bonds. The van der Waals surface area contributed by atoms with Crippen molar-refractivity contribution in [1.82, 2.24) is 15.1 Å². The molecule has 1 aliphatic carbocycles. The molecule has 3 aromatic rings. The maximum Gasteiger partial charge on any atom is 0.253 e. The summed E-state index contributed by atoms with van der Waals surface area (Å²) < 4.78 is 2.92. The van der Waals surface area contributed by atoms with Gasteiger partial charge in [0.15, 0.2) is 0 Å². The van der Waals surface area contributed by atoms with Crippen LogP contribution in [0.25, 0.3) is 10.9 Å². The van der Waals surface area contributed by atoms with Gasteiger partial charge in [0.05, 0.1) is 23.8 Å². The highest BCUT2D eigenvalue weighted by Crippen LogP contribution is 2.26. The summed E-state index contributed by atoms with van der Waals surface area (Å²) in [7, 11) is 0. The van der Waals surface area contributed by atoms with Gasteiger partial charge in [0.25, 0.3) is 5.91 Å². The molecule has 1 aromatic heterocycles. The number of amides is 1. The minimum absolute atomic E-state index is 0.0630. The summed E-state index contributed by atoms with van der Waals surface area (Å²) in [6, 6.07) is 12.0. The van der Waals surface area contributed by atoms with E-state index < -0.39 is 0 Å². The third-order valence-corrected chi connectivity index (χ3v) is 5.88. The fourth-order valence-corrected chi connectivity index (χ4v) is 4.25. The summed E-state index contributed by atoms with van der Waals surface area (Å²) in [5, 5.41) is 9.15. The lowest BCUT2D eigenvalue weighted by molar-refractivity contribution is 0.0929. The number of fused-ring (bicyclic) bond motifs is 1. The molecule has 1 heterocycles. The van der Waals surface area contributed by atoms with Crippen molar-refractivity contribution < 1.29 is 4.79 Å². The zero-order valence-corrected chi connectivity index (χ0v) is 17.3. The van der Waals surface area contributed by atoms with Gasteiger partial charge in [-0.1, -0.05) is 58.9 Å². The summed E-state index contributed by atoms with van der Waals surface area (Å²) in [4.78, 5) is 13.0. The Morgan fingerprint density at radius 2 is 1.93 bits per heavy atom. The van der Waals surface area contributed by atoms with E-state index in [1.54, 1.807) is 12.3 Å². The Bertz CT molecular complexity index is 961. The lowest BCUT2D eigenvalue weighted by atomic mass is 9.95. The number of nitrogens with one attached hydrogen (secondary N) is 1. The number of benzene rings is 2. The SMILES string of the molecule is O=C(NC1CCCCC1)c1cc(Cl)cc2cnn(Cc3ccc(Br)cc3)c12. The van der Waals surface area contributed by atoms with Gasteiger partial charge in [-0.2, -0.15) is 5.10 Å². The molecule has 4 nitrogen and oxygen atoms in total. The number of rotatable bonds is 4. The van der Waals surface area contributed by atoms with Gasteiger partial charge in [-0.15, -0.1) is 0 Å². The van der Waals surface area contributed by atoms with Gasteiger partial charge in [-0.3, -0.25) is 9.48 Å². The van der Waals surface area contributed by atoms with Gasteiger partial charge in [0.1, 0.15) is 0 Å². The van der Waals surface area contributed by atoms with Crippen molar-refractivity contribution in [2.45, 2.75) is 44.7 Å². The van der Waals surface area contributed by atoms with Crippen LogP contribution in [0.1, 0.15) is 48.0 Å². The van der Waals surface area contributed by atoms with Crippen LogP contribution in [0.2, 0.25) is 5.02 Å². The minimum atomic E-state index is -0.0630. The summed E-state index contributed by atoms with van der Waals surface area (Å²) in [5.74, 6) is -0.0630. The molecule has 2 aromatic carbocycles. The standard InChI is InChI=1S/C21H21BrClN3O/c22-16-8-6-14(7-9-16)13-26-20-15(12-24-26)10-17(23)11-19(20)21(27)25-18-4-2-1-3-5-18/h6-12,18H,1-5,13H2,(H,25,27). The van der Waals surface area contributed by atoms with E-state index in [1.165, 1.54) is 19.3 Å². The van der Waals surface area contributed by atoms with Crippen LogP contribution in [0.4, 0.5) is 0 Å². The highest BCUT2D eigenvalue weighted by atomic mass is 79.9. The number of hydrogen-bond donors (Lipinski definition) is 1. The third kappa shape index (κ3) is 4.19. The molecule has 0 spiro atoms. The minimum Gasteiger partial charge on any atom is -0.349 e. The fourth-order valence-electron chi connectivity index (χ4n) is 3.76. The quantitative estimate of drug-likeness (QED) is 0.570. The van der Waals surface area contributed by atoms with Crippen LogP contribution in [0, 0.1) is 0 Å². The first-order chi connectivity index (χ1) is 13.1. The Morgan fingerprint density at radius 1 is 1.19 bits per heavy atom. The number of hydrogen-bond acceptors (Lipinski definition) is 2. The predicted octanol–water partition coefficient (Wildman–Crippen LogP) is 5.56. The monoisotopic (exact) mass is 445 g/mol. The van der Waals surface area contributed by atoms with E-state index in [9.17, 15) is 4.79 Å². The zero-order chi connectivity index (χ0) is 18.8. The number of carbonyl (C=O) groups excluding carboxylic acids is 1. The van der Waals surface area contributed by atoms with Crippen molar-refractivity contribution in [2.24, 2.45) is 0 Å². The third-order valence-electron chi connectivity index (χ3n) is 5.13. The first-order valence-corrected chi connectivity index (χ1v) is 10.5. The first-order valence-electron chi connectivity index (χ1n) is 9.30. The van der Waals surface area contributed by atoms with Crippen LogP contribution >= 0.6 is 27.5 Å². The summed E-state index contributed by atoms with van der Waals surface area (Å²) in [6.07, 6.45) is 7.49. The predicted molar refractivity (Wildman–Crippen MR) is 112 cm³/mol. The number of nitrogens with zero attached hydrogens (tertiary/aromatic N) is 2. The van der Waals surface area contributed by atoms with Gasteiger partial charge in [0, 0.05) is 20.9 Å². The van der Waals surface area contributed by atoms with Gasteiger partial charge < -0.3 is 5.32 Å². The van der Waals surface area contributed by atoms with Crippen molar-refractivity contribution in [3.05, 3.63) is 63.2 Å². The molecule has 0 bridgehead atoms. The highest BCUT2D eigenvalue weighted by molar-refractivity contribution is 9.10. The zero-order valence-electron chi connectivity index (χ0n) is 14.9. The maximum atomic E-state index is 13.0. The molecule has 6 heteroatoms. The summed E-state index contributed by atoms with van der Waals surface area (Å²) >= 11 is 9.73. The van der Waals surface area contributed by atoms with E-state index in [0.29, 0.717) is 17.1 Å². The van der Waals surface area contributed by atoms with E-state index in [4.69, 9.17) is 11.6 Å². The van der Waals surface area contributed by atoms with Crippen molar-refractivity contribution in [3.8, 4) is 0 Å². The fraction of sp³-hybridized carbons (Fsp3) is 0.333. The molecule has 0 unspecified atom stereocenters. The molecule has 140 valence electrons. The second-order valence-electron chi connectivity index (χ2n) is 7.13. The molecular weight excluding hydrogens is 426 g/mol. The van der Waals surface area contributed by atoms with Crippen molar-refractivity contribution in [3.63, 3.8) is 0 Å². The smallest absolute Gasteiger partial charge is 0.253 e. The van der Waals surface area contributed by atoms with Gasteiger partial charge in [-0.25, -0.2) is 0 Å². The van der Waals surface area contributed by atoms with Gasteiger partial charge in [-0.05, 0) is 42.7 Å². The van der Waals surface area contributed by atoms with Crippen LogP contribution in [0.3, 0.4) is 0 Å². The summed E-state index contributed by atoms with van der Waals surface area (Å²) in [5.41, 5.74) is 2.55. The molecule has 1 fully saturated rings. The Labute approximate surface area is 172 Å². The lowest BCUT2D eigenvalue weighted by Gasteiger charge is -2.23. The van der Waals surface area contributed by atoms with Crippen LogP contribution in [-0.2, 0) is 6.54 Å². The normalized spacial score (nSPS) is 15.2. The number of carbonyl (C=O) groups is 1. The van der Waals surface area contributed by atoms with Crippen molar-refractivity contribution in [1.29, 1.82) is 0 Å². The van der Waals surface area contributed by atoms with E-state index in [1.807, 2.05) is 22.9 Å². The molecule has 0 saturated heterocycles. The topological polar surface area (TPSA) is 46.9 Å². The Hall–Kier alpha value is -1.85. The van der Waals surface area contributed by atoms with Crippen LogP contribution in [0.5, 0.6) is 0 Å². The van der Waals surface area contributed by atoms with Crippen LogP contribution in [-0.4, -0.2) is 21.7 Å². The second kappa shape index (κ2) is 8.03. The molecule has 4 rings (SSSR count). The van der Waals surface area contributed by atoms with Crippen molar-refractivity contribution in [2.75, 3.05) is 0 Å². The Balaban J connectivity index is 1.67. The van der Waals surface area contributed by atoms with Gasteiger partial charge in [0.2, 0.25) is 0 Å². The molecular formula is C21H21BrClN3O. The average molecular weight is 447 g/mol. The maximum absolute atomic E-state index is 13.0. The van der Waals surface area contributed by atoms with E-state index in [2.05, 4.69) is 38.5 Å². The molecule has 0 atom stereocenters. The van der Waals surface area contributed by atoms with Crippen LogP contribution in [0.15, 0.2) is 47.1 Å². The molecule has 0 aliphatic heterocycles.